The standard InChI is InChI=1S/C13H11O5PS/c14-19(15)20(16,17)18-13(11-7-3-1-4-8-11)12-9-5-2-6-10-12/h1-10,13H. The summed E-state index contributed by atoms with van der Waals surface area (Å²) in [5.41, 5.74) is 1.11. The van der Waals surface area contributed by atoms with Crippen molar-refractivity contribution in [3.05, 3.63) is 71.8 Å². The second kappa shape index (κ2) is 6.24. The first-order valence-corrected chi connectivity index (χ1v) is 8.87. The Morgan fingerprint density at radius 2 is 1.30 bits per heavy atom. The molecule has 0 heterocycles. The molecule has 0 bridgehead atoms. The van der Waals surface area contributed by atoms with Crippen LogP contribution in [0.25, 0.3) is 0 Å². The molecule has 0 N–H and O–H groups in total. The zero-order valence-corrected chi connectivity index (χ0v) is 12.0. The largest absolute Gasteiger partial charge is 0.579 e. The average Bonchev–Trinajstić information content (AvgIpc) is 2.46. The summed E-state index contributed by atoms with van der Waals surface area (Å²) in [6, 6.07) is 17.1. The van der Waals surface area contributed by atoms with Gasteiger partial charge in [-0.05, 0) is 11.1 Å². The maximum atomic E-state index is 11.5. The van der Waals surface area contributed by atoms with E-state index in [9.17, 15) is 17.9 Å². The van der Waals surface area contributed by atoms with Gasteiger partial charge in [0.15, 0.2) is 0 Å². The van der Waals surface area contributed by atoms with Gasteiger partial charge in [-0.15, -0.1) is 0 Å². The van der Waals surface area contributed by atoms with Crippen LogP contribution in [-0.2, 0) is 18.5 Å². The number of benzene rings is 2. The summed E-state index contributed by atoms with van der Waals surface area (Å²) in [4.78, 5) is 10.7. The normalized spacial score (nSPS) is 12.4. The first-order chi connectivity index (χ1) is 9.50. The Morgan fingerprint density at radius 3 is 1.65 bits per heavy atom. The van der Waals surface area contributed by atoms with Gasteiger partial charge in [-0.2, -0.15) is 8.42 Å². The summed E-state index contributed by atoms with van der Waals surface area (Å²) in [6.45, 7) is 0. The second-order valence-electron chi connectivity index (χ2n) is 3.95. The van der Waals surface area contributed by atoms with E-state index in [4.69, 9.17) is 4.18 Å². The smallest absolute Gasteiger partial charge is 0.478 e. The predicted octanol–water partition coefficient (Wildman–Crippen LogP) is 2.14. The van der Waals surface area contributed by atoms with Gasteiger partial charge < -0.3 is 4.89 Å². The van der Waals surface area contributed by atoms with Crippen LogP contribution < -0.4 is 4.89 Å². The van der Waals surface area contributed by atoms with Crippen LogP contribution in [0, 0.1) is 0 Å². The van der Waals surface area contributed by atoms with Crippen LogP contribution in [0.2, 0.25) is 0 Å². The van der Waals surface area contributed by atoms with Crippen LogP contribution in [0.1, 0.15) is 17.2 Å². The molecular formula is C13H11O5PS. The van der Waals surface area contributed by atoms with E-state index in [0.717, 1.165) is 0 Å². The lowest BCUT2D eigenvalue weighted by molar-refractivity contribution is -0.159. The van der Waals surface area contributed by atoms with Crippen LogP contribution in [0.3, 0.4) is 0 Å². The zero-order valence-electron chi connectivity index (χ0n) is 10.2. The predicted molar refractivity (Wildman–Crippen MR) is 72.3 cm³/mol. The maximum Gasteiger partial charge on any atom is 0.478 e. The van der Waals surface area contributed by atoms with Crippen LogP contribution in [0.4, 0.5) is 0 Å². The Kier molecular flexibility index (Phi) is 4.62. The fourth-order valence-electron chi connectivity index (χ4n) is 1.72. The van der Waals surface area contributed by atoms with Crippen LogP contribution in [0.5, 0.6) is 0 Å². The van der Waals surface area contributed by atoms with Crippen LogP contribution >= 0.6 is 7.23 Å². The lowest BCUT2D eigenvalue weighted by Gasteiger charge is -2.15. The van der Waals surface area contributed by atoms with Crippen molar-refractivity contribution in [3.8, 4) is 0 Å². The molecule has 0 aliphatic rings. The van der Waals surface area contributed by atoms with Crippen molar-refractivity contribution in [1.82, 2.24) is 0 Å². The molecule has 5 nitrogen and oxygen atoms in total. The summed E-state index contributed by atoms with van der Waals surface area (Å²) in [6.07, 6.45) is -0.990. The van der Waals surface area contributed by atoms with Crippen LogP contribution in [0.15, 0.2) is 60.7 Å². The van der Waals surface area contributed by atoms with Gasteiger partial charge >= 0.3 is 17.0 Å². The molecule has 2 rings (SSSR count). The molecule has 7 heteroatoms. The first kappa shape index (κ1) is 14.8. The molecule has 2 aromatic carbocycles. The molecule has 1 atom stereocenters. The Balaban J connectivity index is 2.44. The molecule has 1 unspecified atom stereocenters. The van der Waals surface area contributed by atoms with Gasteiger partial charge in [0, 0.05) is 0 Å². The highest BCUT2D eigenvalue weighted by Gasteiger charge is 2.32. The Hall–Kier alpha value is -1.59. The second-order valence-corrected chi connectivity index (χ2v) is 7.68. The Labute approximate surface area is 117 Å². The average molecular weight is 310 g/mol. The molecule has 104 valence electrons. The molecule has 0 aliphatic heterocycles. The summed E-state index contributed by atoms with van der Waals surface area (Å²) in [7, 11) is -8.35. The summed E-state index contributed by atoms with van der Waals surface area (Å²) in [5.74, 6) is 0. The summed E-state index contributed by atoms with van der Waals surface area (Å²) in [5, 5.41) is 0. The molecule has 0 aliphatic carbocycles. The van der Waals surface area contributed by atoms with Gasteiger partial charge in [0.1, 0.15) is 6.10 Å². The molecule has 0 spiro atoms. The van der Waals surface area contributed by atoms with Crippen molar-refractivity contribution in [1.29, 1.82) is 0 Å². The van der Waals surface area contributed by atoms with Gasteiger partial charge in [-0.1, -0.05) is 65.2 Å². The molecule has 0 fully saturated rings. The van der Waals surface area contributed by atoms with Crippen molar-refractivity contribution in [2.75, 3.05) is 0 Å². The fourth-order valence-corrected chi connectivity index (χ4v) is 2.72. The van der Waals surface area contributed by atoms with Crippen molar-refractivity contribution in [2.24, 2.45) is 0 Å². The molecular weight excluding hydrogens is 299 g/mol. The van der Waals surface area contributed by atoms with Gasteiger partial charge in [0.25, 0.3) is 0 Å². The Morgan fingerprint density at radius 1 is 0.900 bits per heavy atom. The quantitative estimate of drug-likeness (QED) is 0.790. The minimum atomic E-state index is -4.64. The first-order valence-electron chi connectivity index (χ1n) is 5.68. The highest BCUT2D eigenvalue weighted by atomic mass is 32.8. The number of rotatable bonds is 5. The van der Waals surface area contributed by atoms with E-state index in [1.807, 2.05) is 0 Å². The van der Waals surface area contributed by atoms with E-state index in [1.165, 1.54) is 0 Å². The summed E-state index contributed by atoms with van der Waals surface area (Å²) >= 11 is 0. The van der Waals surface area contributed by atoms with E-state index in [0.29, 0.717) is 11.1 Å². The number of hydrogen-bond acceptors (Lipinski definition) is 5. The van der Waals surface area contributed by atoms with Crippen molar-refractivity contribution in [2.45, 2.75) is 6.10 Å². The molecule has 0 amide bonds. The third-order valence-electron chi connectivity index (χ3n) is 2.61. The fraction of sp³-hybridized carbons (Fsp3) is 0.0769. The zero-order chi connectivity index (χ0) is 14.6. The third kappa shape index (κ3) is 3.49. The van der Waals surface area contributed by atoms with Crippen molar-refractivity contribution >= 4 is 17.0 Å². The highest BCUT2D eigenvalue weighted by Crippen LogP contribution is 2.33. The van der Waals surface area contributed by atoms with Gasteiger partial charge in [0.05, 0.1) is 0 Å². The Bertz CT molecular complexity index is 646. The number of hydrogen-bond donors (Lipinski definition) is 0. The minimum Gasteiger partial charge on any atom is -0.579 e. The minimum absolute atomic E-state index is 0.555. The lowest BCUT2D eigenvalue weighted by atomic mass is 10.0. The van der Waals surface area contributed by atoms with E-state index < -0.39 is 23.1 Å². The van der Waals surface area contributed by atoms with E-state index in [-0.39, 0.29) is 0 Å². The van der Waals surface area contributed by atoms with Gasteiger partial charge in [-0.25, -0.2) is 4.18 Å². The van der Waals surface area contributed by atoms with E-state index >= 15 is 0 Å². The highest BCUT2D eigenvalue weighted by molar-refractivity contribution is 8.41. The summed E-state index contributed by atoms with van der Waals surface area (Å²) < 4.78 is 38.5. The lowest BCUT2D eigenvalue weighted by Crippen LogP contribution is -2.13. The molecule has 0 saturated carbocycles. The van der Waals surface area contributed by atoms with Gasteiger partial charge in [0.2, 0.25) is 0 Å². The SMILES string of the molecule is O=[P+]([O-])S(=O)(=O)OC(c1ccccc1)c1ccccc1. The topological polar surface area (TPSA) is 83.5 Å². The molecule has 20 heavy (non-hydrogen) atoms. The van der Waals surface area contributed by atoms with Crippen molar-refractivity contribution < 1.29 is 22.1 Å². The maximum absolute atomic E-state index is 11.5. The monoisotopic (exact) mass is 310 g/mol. The molecule has 2 aromatic rings. The molecule has 0 saturated heterocycles. The molecule has 0 radical (unpaired) electrons. The third-order valence-corrected chi connectivity index (χ3v) is 4.76. The van der Waals surface area contributed by atoms with Crippen molar-refractivity contribution in [3.63, 3.8) is 0 Å². The van der Waals surface area contributed by atoms with E-state index in [1.54, 1.807) is 60.7 Å². The van der Waals surface area contributed by atoms with Crippen LogP contribution in [-0.4, -0.2) is 8.42 Å². The van der Waals surface area contributed by atoms with Gasteiger partial charge in [-0.3, -0.25) is 0 Å². The van der Waals surface area contributed by atoms with E-state index in [2.05, 4.69) is 0 Å². The molecule has 0 aromatic heterocycles.